The topological polar surface area (TPSA) is 24.5 Å². The Morgan fingerprint density at radius 2 is 2.07 bits per heavy atom. The maximum absolute atomic E-state index is 5.38. The molecule has 3 nitrogen and oxygen atoms in total. The van der Waals surface area contributed by atoms with Crippen LogP contribution < -0.4 is 5.32 Å². The Morgan fingerprint density at radius 1 is 1.27 bits per heavy atom. The summed E-state index contributed by atoms with van der Waals surface area (Å²) in [6, 6.07) is 0. The van der Waals surface area contributed by atoms with E-state index >= 15 is 0 Å². The first-order valence-electron chi connectivity index (χ1n) is 6.34. The second kappa shape index (κ2) is 5.83. The fourth-order valence-corrected chi connectivity index (χ4v) is 2.69. The number of rotatable bonds is 4. The first kappa shape index (κ1) is 11.4. The fourth-order valence-electron chi connectivity index (χ4n) is 2.69. The zero-order chi connectivity index (χ0) is 10.5. The largest absolute Gasteiger partial charge is 0.381 e. The first-order chi connectivity index (χ1) is 7.38. The Kier molecular flexibility index (Phi) is 4.42. The molecule has 2 heterocycles. The molecule has 2 rings (SSSR count). The van der Waals surface area contributed by atoms with Crippen LogP contribution in [0.15, 0.2) is 0 Å². The second-order valence-corrected chi connectivity index (χ2v) is 4.92. The molecule has 0 aromatic rings. The molecular weight excluding hydrogens is 188 g/mol. The summed E-state index contributed by atoms with van der Waals surface area (Å²) in [6.07, 6.45) is 5.73. The maximum atomic E-state index is 5.38. The van der Waals surface area contributed by atoms with E-state index in [0.717, 1.165) is 5.92 Å². The van der Waals surface area contributed by atoms with E-state index in [4.69, 9.17) is 4.74 Å². The number of methoxy groups -OCH3 is 1. The van der Waals surface area contributed by atoms with Gasteiger partial charge in [0, 0.05) is 20.2 Å². The summed E-state index contributed by atoms with van der Waals surface area (Å²) in [7, 11) is 1.84. The number of likely N-dealkylation sites (tertiary alicyclic amines) is 1. The standard InChI is InChI=1S/C12H24N2O/c1-15-12-4-8-14(9-5-12)7-3-11-2-6-13-10-11/h11-13H,2-10H2,1H3. The van der Waals surface area contributed by atoms with Crippen LogP contribution in [0.3, 0.4) is 0 Å². The van der Waals surface area contributed by atoms with Crippen molar-refractivity contribution in [3.63, 3.8) is 0 Å². The summed E-state index contributed by atoms with van der Waals surface area (Å²) in [5.74, 6) is 0.935. The van der Waals surface area contributed by atoms with Crippen molar-refractivity contribution in [2.45, 2.75) is 31.8 Å². The molecule has 0 saturated carbocycles. The highest BCUT2D eigenvalue weighted by Gasteiger charge is 2.20. The van der Waals surface area contributed by atoms with Gasteiger partial charge in [0.15, 0.2) is 0 Å². The van der Waals surface area contributed by atoms with Crippen LogP contribution in [0.25, 0.3) is 0 Å². The van der Waals surface area contributed by atoms with Crippen LogP contribution in [0.1, 0.15) is 25.7 Å². The molecule has 0 spiro atoms. The van der Waals surface area contributed by atoms with Gasteiger partial charge in [-0.1, -0.05) is 0 Å². The molecule has 2 aliphatic heterocycles. The highest BCUT2D eigenvalue weighted by molar-refractivity contribution is 4.76. The van der Waals surface area contributed by atoms with Crippen molar-refractivity contribution in [1.82, 2.24) is 10.2 Å². The quantitative estimate of drug-likeness (QED) is 0.755. The number of piperidine rings is 1. The lowest BCUT2D eigenvalue weighted by Crippen LogP contribution is -2.37. The smallest absolute Gasteiger partial charge is 0.0595 e. The third kappa shape index (κ3) is 3.44. The summed E-state index contributed by atoms with van der Waals surface area (Å²) in [6.45, 7) is 6.24. The van der Waals surface area contributed by atoms with Crippen molar-refractivity contribution in [3.8, 4) is 0 Å². The Hall–Kier alpha value is -0.120. The van der Waals surface area contributed by atoms with Crippen LogP contribution in [0, 0.1) is 5.92 Å². The van der Waals surface area contributed by atoms with E-state index in [9.17, 15) is 0 Å². The van der Waals surface area contributed by atoms with Gasteiger partial charge in [0.05, 0.1) is 6.10 Å². The van der Waals surface area contributed by atoms with Crippen molar-refractivity contribution in [3.05, 3.63) is 0 Å². The van der Waals surface area contributed by atoms with Gasteiger partial charge < -0.3 is 15.0 Å². The van der Waals surface area contributed by atoms with E-state index in [1.54, 1.807) is 0 Å². The van der Waals surface area contributed by atoms with E-state index in [0.29, 0.717) is 6.10 Å². The first-order valence-corrected chi connectivity index (χ1v) is 6.34. The maximum Gasteiger partial charge on any atom is 0.0595 e. The Labute approximate surface area is 93.2 Å². The molecule has 3 heteroatoms. The molecule has 1 unspecified atom stereocenters. The van der Waals surface area contributed by atoms with Crippen molar-refractivity contribution < 1.29 is 4.74 Å². The molecule has 0 bridgehead atoms. The summed E-state index contributed by atoms with van der Waals surface area (Å²) in [5, 5.41) is 3.44. The van der Waals surface area contributed by atoms with Crippen molar-refractivity contribution in [2.75, 3.05) is 39.8 Å². The zero-order valence-corrected chi connectivity index (χ0v) is 9.87. The van der Waals surface area contributed by atoms with Crippen molar-refractivity contribution in [2.24, 2.45) is 5.92 Å². The van der Waals surface area contributed by atoms with Gasteiger partial charge in [0.2, 0.25) is 0 Å². The molecular formula is C12H24N2O. The number of nitrogens with zero attached hydrogens (tertiary/aromatic N) is 1. The molecule has 1 atom stereocenters. The SMILES string of the molecule is COC1CCN(CCC2CCNC2)CC1. The Morgan fingerprint density at radius 3 is 2.67 bits per heavy atom. The molecule has 0 aromatic heterocycles. The highest BCUT2D eigenvalue weighted by atomic mass is 16.5. The highest BCUT2D eigenvalue weighted by Crippen LogP contribution is 2.16. The third-order valence-corrected chi connectivity index (χ3v) is 3.88. The molecule has 0 aliphatic carbocycles. The minimum absolute atomic E-state index is 0.523. The van der Waals surface area contributed by atoms with E-state index < -0.39 is 0 Å². The van der Waals surface area contributed by atoms with Gasteiger partial charge in [-0.3, -0.25) is 0 Å². The van der Waals surface area contributed by atoms with E-state index in [1.165, 1.54) is 58.4 Å². The molecule has 15 heavy (non-hydrogen) atoms. The van der Waals surface area contributed by atoms with Gasteiger partial charge in [0.25, 0.3) is 0 Å². The van der Waals surface area contributed by atoms with Crippen LogP contribution in [0.2, 0.25) is 0 Å². The molecule has 2 aliphatic rings. The van der Waals surface area contributed by atoms with Crippen LogP contribution >= 0.6 is 0 Å². The molecule has 0 aromatic carbocycles. The molecule has 2 fully saturated rings. The molecule has 2 saturated heterocycles. The number of ether oxygens (including phenoxy) is 1. The minimum atomic E-state index is 0.523. The van der Waals surface area contributed by atoms with Gasteiger partial charge >= 0.3 is 0 Å². The minimum Gasteiger partial charge on any atom is -0.381 e. The fraction of sp³-hybridized carbons (Fsp3) is 1.00. The van der Waals surface area contributed by atoms with Crippen LogP contribution in [-0.4, -0.2) is 50.8 Å². The average Bonchev–Trinajstić information content (AvgIpc) is 2.80. The van der Waals surface area contributed by atoms with Gasteiger partial charge in [-0.15, -0.1) is 0 Å². The summed E-state index contributed by atoms with van der Waals surface area (Å²) in [5.41, 5.74) is 0. The molecule has 0 radical (unpaired) electrons. The molecule has 0 amide bonds. The van der Waals surface area contributed by atoms with Crippen molar-refractivity contribution >= 4 is 0 Å². The second-order valence-electron chi connectivity index (χ2n) is 4.92. The normalized spacial score (nSPS) is 29.8. The monoisotopic (exact) mass is 212 g/mol. The summed E-state index contributed by atoms with van der Waals surface area (Å²) >= 11 is 0. The van der Waals surface area contributed by atoms with Crippen LogP contribution in [0.5, 0.6) is 0 Å². The lowest BCUT2D eigenvalue weighted by Gasteiger charge is -2.31. The number of hydrogen-bond acceptors (Lipinski definition) is 3. The van der Waals surface area contributed by atoms with Crippen LogP contribution in [-0.2, 0) is 4.74 Å². The van der Waals surface area contributed by atoms with E-state index in [-0.39, 0.29) is 0 Å². The Bertz CT molecular complexity index is 172. The van der Waals surface area contributed by atoms with Crippen LogP contribution in [0.4, 0.5) is 0 Å². The van der Waals surface area contributed by atoms with Gasteiger partial charge in [-0.25, -0.2) is 0 Å². The summed E-state index contributed by atoms with van der Waals surface area (Å²) in [4.78, 5) is 2.60. The van der Waals surface area contributed by atoms with E-state index in [2.05, 4.69) is 10.2 Å². The molecule has 1 N–H and O–H groups in total. The third-order valence-electron chi connectivity index (χ3n) is 3.88. The average molecular weight is 212 g/mol. The lowest BCUT2D eigenvalue weighted by molar-refractivity contribution is 0.0398. The number of hydrogen-bond donors (Lipinski definition) is 1. The zero-order valence-electron chi connectivity index (χ0n) is 9.87. The van der Waals surface area contributed by atoms with E-state index in [1.807, 2.05) is 7.11 Å². The Balaban J connectivity index is 1.59. The van der Waals surface area contributed by atoms with Gasteiger partial charge in [-0.05, 0) is 51.2 Å². The van der Waals surface area contributed by atoms with Crippen molar-refractivity contribution in [1.29, 1.82) is 0 Å². The summed E-state index contributed by atoms with van der Waals surface area (Å²) < 4.78 is 5.38. The predicted molar refractivity (Wildman–Crippen MR) is 62.1 cm³/mol. The predicted octanol–water partition coefficient (Wildman–Crippen LogP) is 1.10. The number of nitrogens with one attached hydrogen (secondary N) is 1. The lowest BCUT2D eigenvalue weighted by atomic mass is 10.0. The van der Waals surface area contributed by atoms with Gasteiger partial charge in [0.1, 0.15) is 0 Å². The van der Waals surface area contributed by atoms with Gasteiger partial charge in [-0.2, -0.15) is 0 Å². The molecule has 88 valence electrons.